The van der Waals surface area contributed by atoms with Crippen LogP contribution in [0.1, 0.15) is 57.3 Å². The summed E-state index contributed by atoms with van der Waals surface area (Å²) in [4.78, 5) is 60.4. The molecule has 0 aromatic heterocycles. The number of amides is 3. The van der Waals surface area contributed by atoms with Gasteiger partial charge in [0, 0.05) is 13.0 Å². The fraction of sp³-hybridized carbons (Fsp3) is 0.474. The number of esters is 1. The zero-order valence-electron chi connectivity index (χ0n) is 28.3. The van der Waals surface area contributed by atoms with Crippen LogP contribution in [0, 0.1) is 24.7 Å². The molecular formula is C38H44ClN3O7. The second-order valence-electron chi connectivity index (χ2n) is 13.6. The van der Waals surface area contributed by atoms with Gasteiger partial charge in [-0.25, -0.2) is 0 Å². The maximum absolute atomic E-state index is 15.2. The molecule has 4 heterocycles. The number of rotatable bonds is 6. The van der Waals surface area contributed by atoms with E-state index < -0.39 is 65.6 Å². The average molecular weight is 690 g/mol. The molecule has 2 N–H and O–H groups in total. The van der Waals surface area contributed by atoms with E-state index in [1.807, 2.05) is 69.3 Å². The van der Waals surface area contributed by atoms with Crippen LogP contribution in [0.25, 0.3) is 0 Å². The number of anilines is 1. The Kier molecular flexibility index (Phi) is 10.0. The van der Waals surface area contributed by atoms with Crippen LogP contribution in [-0.2, 0) is 28.7 Å². The highest BCUT2D eigenvalue weighted by molar-refractivity contribution is 6.34. The minimum atomic E-state index is -1.49. The number of likely N-dealkylation sites (tertiary alicyclic amines) is 1. The average Bonchev–Trinajstić information content (AvgIpc) is 3.73. The molecular weight excluding hydrogens is 646 g/mol. The number of benzene rings is 2. The van der Waals surface area contributed by atoms with Gasteiger partial charge in [-0.05, 0) is 43.4 Å². The number of nitrogens with zero attached hydrogens (tertiary/aromatic N) is 2. The van der Waals surface area contributed by atoms with Crippen molar-refractivity contribution in [1.29, 1.82) is 0 Å². The molecule has 0 radical (unpaired) electrons. The molecule has 260 valence electrons. The van der Waals surface area contributed by atoms with E-state index in [1.54, 1.807) is 36.1 Å². The van der Waals surface area contributed by atoms with Crippen LogP contribution in [0.3, 0.4) is 0 Å². The SMILES string of the molecule is CC[C@H](C)[C@H](CO)N1C(=O)[C@H]2[C@@H]3C(=O)O[C@H](c4ccccc4)[C@@H](C)NC(=O)CC/C=C\CN(c4c(C)cccc4Cl)C(=O)[C@H]1[C@@]21C=C[C@@H]3O1. The van der Waals surface area contributed by atoms with E-state index in [9.17, 15) is 19.5 Å². The molecule has 9 atom stereocenters. The number of aliphatic hydroxyl groups is 1. The van der Waals surface area contributed by atoms with Gasteiger partial charge in [0.15, 0.2) is 0 Å². The van der Waals surface area contributed by atoms with Crippen molar-refractivity contribution < 1.29 is 33.8 Å². The number of ether oxygens (including phenoxy) is 2. The summed E-state index contributed by atoms with van der Waals surface area (Å²) in [6.07, 6.45) is 6.68. The van der Waals surface area contributed by atoms with Gasteiger partial charge < -0.3 is 29.7 Å². The molecule has 2 aromatic carbocycles. The Hall–Kier alpha value is -3.99. The third-order valence-corrected chi connectivity index (χ3v) is 10.9. The van der Waals surface area contributed by atoms with Crippen molar-refractivity contribution in [1.82, 2.24) is 10.2 Å². The number of allylic oxidation sites excluding steroid dienone is 1. The van der Waals surface area contributed by atoms with E-state index in [4.69, 9.17) is 21.1 Å². The molecule has 2 saturated heterocycles. The molecule has 0 saturated carbocycles. The molecule has 49 heavy (non-hydrogen) atoms. The van der Waals surface area contributed by atoms with Crippen molar-refractivity contribution in [3.8, 4) is 0 Å². The Labute approximate surface area is 292 Å². The number of hydrogen-bond donors (Lipinski definition) is 2. The first-order valence-electron chi connectivity index (χ1n) is 17.1. The monoisotopic (exact) mass is 689 g/mol. The normalized spacial score (nSPS) is 32.1. The van der Waals surface area contributed by atoms with Gasteiger partial charge in [-0.1, -0.05) is 98.6 Å². The maximum atomic E-state index is 15.2. The molecule has 5 bridgehead atoms. The molecule has 4 aliphatic heterocycles. The number of fused-ring (bicyclic) bond motifs is 2. The van der Waals surface area contributed by atoms with Gasteiger partial charge in [-0.15, -0.1) is 0 Å². The van der Waals surface area contributed by atoms with Gasteiger partial charge in [-0.3, -0.25) is 19.2 Å². The zero-order valence-corrected chi connectivity index (χ0v) is 29.0. The van der Waals surface area contributed by atoms with Gasteiger partial charge in [-0.2, -0.15) is 0 Å². The number of hydrogen-bond acceptors (Lipinski definition) is 7. The Morgan fingerprint density at radius 3 is 2.51 bits per heavy atom. The van der Waals surface area contributed by atoms with E-state index in [0.29, 0.717) is 29.1 Å². The topological polar surface area (TPSA) is 125 Å². The summed E-state index contributed by atoms with van der Waals surface area (Å²) in [5.74, 6) is -4.09. The number of cyclic esters (lactones) is 1. The van der Waals surface area contributed by atoms with Crippen molar-refractivity contribution in [3.63, 3.8) is 0 Å². The standard InChI is InChI=1S/C38H44ClN3O7/c1-5-22(2)27(21-43)42-34-36(46)41(32-23(3)13-12-16-26(32)39)20-11-7-10-17-29(44)40-24(4)33(25-14-8-6-9-15-25)48-37(47)30-28-18-19-38(34,49-28)31(30)35(42)45/h6-9,11-16,18-19,22,24,27-28,30-31,33-34,43H,5,10,17,20-21H2,1-4H3,(H,40,44)/b11-7-/t22-,24+,27-,28-,30+,31+,33-,34-,38+/m0/s1. The Bertz CT molecular complexity index is 1640. The predicted octanol–water partition coefficient (Wildman–Crippen LogP) is 4.68. The first-order valence-corrected chi connectivity index (χ1v) is 17.5. The van der Waals surface area contributed by atoms with E-state index in [2.05, 4.69) is 5.32 Å². The zero-order chi connectivity index (χ0) is 35.0. The fourth-order valence-electron chi connectivity index (χ4n) is 7.95. The van der Waals surface area contributed by atoms with Crippen molar-refractivity contribution in [2.24, 2.45) is 17.8 Å². The molecule has 6 rings (SSSR count). The highest BCUT2D eigenvalue weighted by Crippen LogP contribution is 2.57. The van der Waals surface area contributed by atoms with Crippen molar-refractivity contribution in [2.45, 2.75) is 82.9 Å². The summed E-state index contributed by atoms with van der Waals surface area (Å²) in [6.45, 7) is 7.25. The third kappa shape index (κ3) is 6.08. The summed E-state index contributed by atoms with van der Waals surface area (Å²) < 4.78 is 12.8. The largest absolute Gasteiger partial charge is 0.455 e. The van der Waals surface area contributed by atoms with E-state index >= 15 is 4.79 Å². The number of carbonyl (C=O) groups is 4. The smallest absolute Gasteiger partial charge is 0.313 e. The Morgan fingerprint density at radius 2 is 1.82 bits per heavy atom. The van der Waals surface area contributed by atoms with Crippen molar-refractivity contribution in [3.05, 3.63) is 89.0 Å². The summed E-state index contributed by atoms with van der Waals surface area (Å²) in [5.41, 5.74) is 0.430. The van der Waals surface area contributed by atoms with Crippen LogP contribution in [0.15, 0.2) is 72.8 Å². The second-order valence-corrected chi connectivity index (χ2v) is 14.0. The lowest BCUT2D eigenvalue weighted by molar-refractivity contribution is -0.161. The molecule has 10 nitrogen and oxygen atoms in total. The van der Waals surface area contributed by atoms with E-state index in [0.717, 1.165) is 5.56 Å². The summed E-state index contributed by atoms with van der Waals surface area (Å²) in [7, 11) is 0. The van der Waals surface area contributed by atoms with Crippen LogP contribution in [0.2, 0.25) is 5.02 Å². The van der Waals surface area contributed by atoms with E-state index in [1.165, 1.54) is 4.90 Å². The molecule has 2 aromatic rings. The fourth-order valence-corrected chi connectivity index (χ4v) is 8.28. The van der Waals surface area contributed by atoms with E-state index in [-0.39, 0.29) is 31.4 Å². The van der Waals surface area contributed by atoms with Crippen molar-refractivity contribution >= 4 is 41.0 Å². The van der Waals surface area contributed by atoms with Gasteiger partial charge in [0.2, 0.25) is 11.8 Å². The maximum Gasteiger partial charge on any atom is 0.313 e. The minimum absolute atomic E-state index is 0.0997. The molecule has 3 amide bonds. The van der Waals surface area contributed by atoms with Gasteiger partial charge in [0.05, 0.1) is 41.4 Å². The third-order valence-electron chi connectivity index (χ3n) is 10.6. The number of aryl methyl sites for hydroxylation is 1. The van der Waals surface area contributed by atoms with Crippen molar-refractivity contribution in [2.75, 3.05) is 18.1 Å². The number of aliphatic hydroxyl groups excluding tert-OH is 1. The molecule has 11 heteroatoms. The number of para-hydroxylation sites is 1. The molecule has 0 unspecified atom stereocenters. The lowest BCUT2D eigenvalue weighted by Gasteiger charge is -2.40. The van der Waals surface area contributed by atoms with Crippen LogP contribution in [0.4, 0.5) is 5.69 Å². The summed E-state index contributed by atoms with van der Waals surface area (Å²) in [6, 6.07) is 12.0. The van der Waals surface area contributed by atoms with Crippen LogP contribution in [-0.4, -0.2) is 76.7 Å². The minimum Gasteiger partial charge on any atom is -0.455 e. The lowest BCUT2D eigenvalue weighted by atomic mass is 9.74. The summed E-state index contributed by atoms with van der Waals surface area (Å²) in [5, 5.41) is 14.1. The molecule has 2 fully saturated rings. The molecule has 4 aliphatic rings. The second kappa shape index (κ2) is 14.1. The predicted molar refractivity (Wildman–Crippen MR) is 184 cm³/mol. The molecule has 0 aliphatic carbocycles. The van der Waals surface area contributed by atoms with Crippen LogP contribution < -0.4 is 10.2 Å². The first kappa shape index (κ1) is 34.9. The molecule has 1 spiro atoms. The van der Waals surface area contributed by atoms with Crippen LogP contribution in [0.5, 0.6) is 0 Å². The van der Waals surface area contributed by atoms with Gasteiger partial charge in [0.25, 0.3) is 5.91 Å². The van der Waals surface area contributed by atoms with Gasteiger partial charge in [0.1, 0.15) is 23.7 Å². The first-order chi connectivity index (χ1) is 23.5. The number of halogens is 1. The lowest BCUT2D eigenvalue weighted by Crippen LogP contribution is -2.59. The number of nitrogens with one attached hydrogen (secondary N) is 1. The Balaban J connectivity index is 1.51. The van der Waals surface area contributed by atoms with Crippen LogP contribution >= 0.6 is 11.6 Å². The quantitative estimate of drug-likeness (QED) is 0.334. The highest BCUT2D eigenvalue weighted by atomic mass is 35.5. The summed E-state index contributed by atoms with van der Waals surface area (Å²) >= 11 is 6.76. The Morgan fingerprint density at radius 1 is 1.06 bits per heavy atom. The number of carbonyl (C=O) groups excluding carboxylic acids is 4. The highest BCUT2D eigenvalue weighted by Gasteiger charge is 2.74. The van der Waals surface area contributed by atoms with Gasteiger partial charge >= 0.3 is 5.97 Å².